The Morgan fingerprint density at radius 3 is 2.65 bits per heavy atom. The second kappa shape index (κ2) is 5.13. The molecule has 0 bridgehead atoms. The summed E-state index contributed by atoms with van der Waals surface area (Å²) in [6.45, 7) is 1.38. The summed E-state index contributed by atoms with van der Waals surface area (Å²) < 4.78 is 5.02. The number of amides is 1. The molecule has 0 unspecified atom stereocenters. The van der Waals surface area contributed by atoms with Crippen LogP contribution in [0.1, 0.15) is 29.8 Å². The van der Waals surface area contributed by atoms with Crippen molar-refractivity contribution < 1.29 is 19.4 Å². The van der Waals surface area contributed by atoms with Crippen molar-refractivity contribution >= 4 is 23.4 Å². The summed E-state index contributed by atoms with van der Waals surface area (Å²) in [6, 6.07) is 0. The van der Waals surface area contributed by atoms with E-state index in [2.05, 4.69) is 4.98 Å². The van der Waals surface area contributed by atoms with Crippen molar-refractivity contribution in [3.8, 4) is 5.19 Å². The zero-order chi connectivity index (χ0) is 12.3. The number of carbonyl (C=O) groups excluding carboxylic acids is 1. The Balaban J connectivity index is 1.94. The summed E-state index contributed by atoms with van der Waals surface area (Å²) in [5.41, 5.74) is -0.101. The number of hydrogen-bond donors (Lipinski definition) is 1. The van der Waals surface area contributed by atoms with Gasteiger partial charge in [-0.05, 0) is 19.3 Å². The van der Waals surface area contributed by atoms with Crippen LogP contribution in [0.15, 0.2) is 5.38 Å². The molecule has 0 spiro atoms. The Kier molecular flexibility index (Phi) is 3.58. The highest BCUT2D eigenvalue weighted by atomic mass is 32.1. The SMILES string of the molecule is O=C(O)c1csc(OC(=O)N2CCCCC2)n1. The summed E-state index contributed by atoms with van der Waals surface area (Å²) in [5.74, 6) is -1.12. The van der Waals surface area contributed by atoms with Gasteiger partial charge in [0.15, 0.2) is 5.69 Å². The fraction of sp³-hybridized carbons (Fsp3) is 0.500. The van der Waals surface area contributed by atoms with Crippen molar-refractivity contribution in [1.29, 1.82) is 0 Å². The average molecular weight is 256 g/mol. The molecule has 2 heterocycles. The maximum atomic E-state index is 11.7. The van der Waals surface area contributed by atoms with Gasteiger partial charge in [0.25, 0.3) is 5.19 Å². The average Bonchev–Trinajstić information content (AvgIpc) is 2.79. The number of carboxylic acids is 1. The summed E-state index contributed by atoms with van der Waals surface area (Å²) in [4.78, 5) is 27.6. The normalized spacial score (nSPS) is 15.6. The molecule has 2 rings (SSSR count). The van der Waals surface area contributed by atoms with E-state index in [-0.39, 0.29) is 10.9 Å². The van der Waals surface area contributed by atoms with Crippen LogP contribution in [0.3, 0.4) is 0 Å². The zero-order valence-electron chi connectivity index (χ0n) is 9.09. The Morgan fingerprint density at radius 1 is 1.35 bits per heavy atom. The first-order chi connectivity index (χ1) is 8.16. The molecule has 0 radical (unpaired) electrons. The molecule has 0 saturated carbocycles. The standard InChI is InChI=1S/C10H12N2O4S/c13-8(14)7-6-17-9(11-7)16-10(15)12-4-2-1-3-5-12/h6H,1-5H2,(H,13,14). The predicted octanol–water partition coefficient (Wildman–Crippen LogP) is 1.83. The smallest absolute Gasteiger partial charge is 0.417 e. The lowest BCUT2D eigenvalue weighted by molar-refractivity contribution is 0.0690. The van der Waals surface area contributed by atoms with Crippen LogP contribution < -0.4 is 4.74 Å². The molecule has 1 amide bonds. The molecule has 92 valence electrons. The van der Waals surface area contributed by atoms with Gasteiger partial charge in [-0.1, -0.05) is 11.3 Å². The molecule has 1 aliphatic heterocycles. The van der Waals surface area contributed by atoms with Crippen molar-refractivity contribution in [2.75, 3.05) is 13.1 Å². The number of piperidine rings is 1. The summed E-state index contributed by atoms with van der Waals surface area (Å²) in [7, 11) is 0. The van der Waals surface area contributed by atoms with Gasteiger partial charge in [-0.3, -0.25) is 0 Å². The van der Waals surface area contributed by atoms with Crippen LogP contribution in [0.5, 0.6) is 5.19 Å². The lowest BCUT2D eigenvalue weighted by atomic mass is 10.1. The van der Waals surface area contributed by atoms with E-state index < -0.39 is 12.1 Å². The van der Waals surface area contributed by atoms with Crippen LogP contribution in [0.4, 0.5) is 4.79 Å². The molecular formula is C10H12N2O4S. The first-order valence-corrected chi connectivity index (χ1v) is 6.20. The highest BCUT2D eigenvalue weighted by Gasteiger charge is 2.20. The summed E-state index contributed by atoms with van der Waals surface area (Å²) >= 11 is 1.01. The molecule has 1 aromatic heterocycles. The maximum absolute atomic E-state index is 11.7. The molecule has 0 atom stereocenters. The van der Waals surface area contributed by atoms with Gasteiger partial charge in [0.2, 0.25) is 0 Å². The van der Waals surface area contributed by atoms with Gasteiger partial charge >= 0.3 is 12.1 Å². The molecule has 1 saturated heterocycles. The van der Waals surface area contributed by atoms with Crippen LogP contribution in [-0.4, -0.2) is 40.1 Å². The van der Waals surface area contributed by atoms with Crippen LogP contribution in [0.25, 0.3) is 0 Å². The Labute approximate surface area is 102 Å². The van der Waals surface area contributed by atoms with E-state index in [4.69, 9.17) is 9.84 Å². The number of aromatic nitrogens is 1. The topological polar surface area (TPSA) is 79.7 Å². The van der Waals surface area contributed by atoms with Crippen molar-refractivity contribution in [3.63, 3.8) is 0 Å². The van der Waals surface area contributed by atoms with Gasteiger partial charge in [-0.15, -0.1) is 0 Å². The lowest BCUT2D eigenvalue weighted by Gasteiger charge is -2.24. The van der Waals surface area contributed by atoms with E-state index in [1.807, 2.05) is 0 Å². The number of nitrogens with zero attached hydrogens (tertiary/aromatic N) is 2. The number of carbonyl (C=O) groups is 2. The van der Waals surface area contributed by atoms with E-state index in [9.17, 15) is 9.59 Å². The minimum Gasteiger partial charge on any atom is -0.476 e. The second-order valence-corrected chi connectivity index (χ2v) is 4.54. The zero-order valence-corrected chi connectivity index (χ0v) is 9.90. The third-order valence-electron chi connectivity index (χ3n) is 2.49. The number of thiazole rings is 1. The predicted molar refractivity (Wildman–Crippen MR) is 60.5 cm³/mol. The Morgan fingerprint density at radius 2 is 2.06 bits per heavy atom. The monoisotopic (exact) mass is 256 g/mol. The van der Waals surface area contributed by atoms with E-state index >= 15 is 0 Å². The molecule has 0 aliphatic carbocycles. The lowest BCUT2D eigenvalue weighted by Crippen LogP contribution is -2.37. The van der Waals surface area contributed by atoms with Crippen LogP contribution in [-0.2, 0) is 0 Å². The molecule has 17 heavy (non-hydrogen) atoms. The molecular weight excluding hydrogens is 244 g/mol. The number of hydrogen-bond acceptors (Lipinski definition) is 5. The second-order valence-electron chi connectivity index (χ2n) is 3.72. The van der Waals surface area contributed by atoms with E-state index in [0.29, 0.717) is 13.1 Å². The van der Waals surface area contributed by atoms with Crippen molar-refractivity contribution in [2.24, 2.45) is 0 Å². The van der Waals surface area contributed by atoms with E-state index in [0.717, 1.165) is 30.6 Å². The van der Waals surface area contributed by atoms with Gasteiger partial charge in [-0.2, -0.15) is 4.98 Å². The quantitative estimate of drug-likeness (QED) is 0.873. The van der Waals surface area contributed by atoms with Gasteiger partial charge in [0, 0.05) is 18.5 Å². The minimum atomic E-state index is -1.12. The third-order valence-corrected chi connectivity index (χ3v) is 3.21. The van der Waals surface area contributed by atoms with Gasteiger partial charge in [-0.25, -0.2) is 9.59 Å². The number of carboxylic acid groups (broad SMARTS) is 1. The van der Waals surface area contributed by atoms with Gasteiger partial charge in [0.05, 0.1) is 0 Å². The molecule has 7 heteroatoms. The van der Waals surface area contributed by atoms with Crippen LogP contribution in [0, 0.1) is 0 Å². The van der Waals surface area contributed by atoms with Crippen molar-refractivity contribution in [2.45, 2.75) is 19.3 Å². The summed E-state index contributed by atoms with van der Waals surface area (Å²) in [6.07, 6.45) is 2.64. The Bertz CT molecular complexity index is 426. The fourth-order valence-corrected chi connectivity index (χ4v) is 2.25. The number of aromatic carboxylic acids is 1. The van der Waals surface area contributed by atoms with Crippen LogP contribution in [0.2, 0.25) is 0 Å². The molecule has 1 N–H and O–H groups in total. The van der Waals surface area contributed by atoms with E-state index in [1.54, 1.807) is 4.90 Å². The largest absolute Gasteiger partial charge is 0.476 e. The van der Waals surface area contributed by atoms with Crippen molar-refractivity contribution in [3.05, 3.63) is 11.1 Å². The van der Waals surface area contributed by atoms with Gasteiger partial charge in [0.1, 0.15) is 0 Å². The maximum Gasteiger partial charge on any atom is 0.417 e. The van der Waals surface area contributed by atoms with Gasteiger partial charge < -0.3 is 14.7 Å². The molecule has 1 aliphatic rings. The minimum absolute atomic E-state index is 0.0815. The van der Waals surface area contributed by atoms with E-state index in [1.165, 1.54) is 5.38 Å². The molecule has 0 aromatic carbocycles. The first-order valence-electron chi connectivity index (χ1n) is 5.32. The third kappa shape index (κ3) is 2.94. The number of likely N-dealkylation sites (tertiary alicyclic amines) is 1. The molecule has 1 fully saturated rings. The summed E-state index contributed by atoms with van der Waals surface area (Å²) in [5, 5.41) is 10.1. The highest BCUT2D eigenvalue weighted by Crippen LogP contribution is 2.19. The first kappa shape index (κ1) is 11.8. The molecule has 1 aromatic rings. The number of ether oxygens (including phenoxy) is 1. The highest BCUT2D eigenvalue weighted by molar-refractivity contribution is 7.11. The van der Waals surface area contributed by atoms with Crippen LogP contribution >= 0.6 is 11.3 Å². The Hall–Kier alpha value is -1.63. The number of rotatable bonds is 2. The molecule has 6 nitrogen and oxygen atoms in total. The fourth-order valence-electron chi connectivity index (χ4n) is 1.62. The van der Waals surface area contributed by atoms with Crippen molar-refractivity contribution in [1.82, 2.24) is 9.88 Å².